The topological polar surface area (TPSA) is 35.5 Å². The smallest absolute Gasteiger partial charge is 0.329 e. The van der Waals surface area contributed by atoms with Crippen LogP contribution in [0, 0.1) is 5.92 Å². The first-order valence-corrected chi connectivity index (χ1v) is 14.2. The molecule has 0 spiro atoms. The van der Waals surface area contributed by atoms with E-state index in [9.17, 15) is 4.79 Å². The first kappa shape index (κ1) is 29.2. The van der Waals surface area contributed by atoms with Crippen molar-refractivity contribution in [3.05, 3.63) is 48.5 Å². The Bertz CT molecular complexity index is 816. The molecule has 0 fully saturated rings. The molecule has 2 aromatic carbocycles. The van der Waals surface area contributed by atoms with Crippen LogP contribution >= 0.6 is 11.6 Å². The molecule has 194 valence electrons. The largest absolute Gasteiger partial charge is 0.494 e. The summed E-state index contributed by atoms with van der Waals surface area (Å²) in [6.07, 6.45) is 14.0. The highest BCUT2D eigenvalue weighted by Crippen LogP contribution is 2.25. The van der Waals surface area contributed by atoms with Crippen LogP contribution in [0.5, 0.6) is 11.5 Å². The van der Waals surface area contributed by atoms with Gasteiger partial charge in [-0.05, 0) is 60.6 Å². The summed E-state index contributed by atoms with van der Waals surface area (Å²) in [5.74, 6) is 1.82. The average Bonchev–Trinajstić information content (AvgIpc) is 2.88. The van der Waals surface area contributed by atoms with Crippen molar-refractivity contribution in [2.45, 2.75) is 103 Å². The second kappa shape index (κ2) is 17.4. The number of unbranched alkanes of at least 4 members (excludes halogenated alkanes) is 7. The van der Waals surface area contributed by atoms with Crippen molar-refractivity contribution in [1.82, 2.24) is 0 Å². The minimum Gasteiger partial charge on any atom is -0.494 e. The fraction of sp³-hybridized carbons (Fsp3) is 0.581. The molecule has 0 radical (unpaired) electrons. The first-order chi connectivity index (χ1) is 17.0. The number of hydrogen-bond donors (Lipinski definition) is 0. The van der Waals surface area contributed by atoms with Gasteiger partial charge < -0.3 is 9.47 Å². The lowest BCUT2D eigenvalue weighted by Crippen LogP contribution is -2.20. The van der Waals surface area contributed by atoms with Crippen LogP contribution in [0.1, 0.15) is 97.8 Å². The van der Waals surface area contributed by atoms with Gasteiger partial charge in [-0.15, -0.1) is 11.6 Å². The summed E-state index contributed by atoms with van der Waals surface area (Å²) in [7, 11) is 0. The highest BCUT2D eigenvalue weighted by atomic mass is 35.5. The number of ether oxygens (including phenoxy) is 2. The van der Waals surface area contributed by atoms with Crippen molar-refractivity contribution in [3.63, 3.8) is 0 Å². The number of carbonyl (C=O) groups is 1. The molecule has 0 saturated carbocycles. The summed E-state index contributed by atoms with van der Waals surface area (Å²) in [4.78, 5) is 12.3. The summed E-state index contributed by atoms with van der Waals surface area (Å²) in [5.41, 5.74) is 2.16. The quantitative estimate of drug-likeness (QED) is 0.0883. The molecule has 0 aromatic heterocycles. The van der Waals surface area contributed by atoms with E-state index in [4.69, 9.17) is 21.1 Å². The maximum atomic E-state index is 12.3. The van der Waals surface area contributed by atoms with E-state index >= 15 is 0 Å². The molecule has 2 aromatic rings. The van der Waals surface area contributed by atoms with E-state index in [1.165, 1.54) is 51.4 Å². The average molecular weight is 501 g/mol. The van der Waals surface area contributed by atoms with E-state index in [1.54, 1.807) is 0 Å². The summed E-state index contributed by atoms with van der Waals surface area (Å²) >= 11 is 6.29. The monoisotopic (exact) mass is 500 g/mol. The molecule has 2 atom stereocenters. The molecule has 0 aliphatic carbocycles. The van der Waals surface area contributed by atoms with Gasteiger partial charge in [0.05, 0.1) is 6.61 Å². The Morgan fingerprint density at radius 3 is 1.86 bits per heavy atom. The number of esters is 1. The Morgan fingerprint density at radius 2 is 1.29 bits per heavy atom. The van der Waals surface area contributed by atoms with Crippen LogP contribution in [0.25, 0.3) is 11.1 Å². The molecule has 0 heterocycles. The number of halogens is 1. The third-order valence-electron chi connectivity index (χ3n) is 6.63. The van der Waals surface area contributed by atoms with Crippen LogP contribution in [0.3, 0.4) is 0 Å². The second-order valence-electron chi connectivity index (χ2n) is 9.71. The third kappa shape index (κ3) is 12.0. The zero-order valence-corrected chi connectivity index (χ0v) is 22.8. The number of rotatable bonds is 18. The maximum Gasteiger partial charge on any atom is 0.329 e. The standard InChI is InChI=1S/C31H45ClO3/c1-4-6-7-8-9-10-11-12-15-30(32)31(33)35-29-22-18-27(19-23-29)26-16-20-28(21-17-26)34-24-13-14-25(3)5-2/h16-23,25,30H,4-15,24H2,1-3H3/t25?,30-/m0/s1. The Hall–Kier alpha value is -2.00. The van der Waals surface area contributed by atoms with E-state index < -0.39 is 5.38 Å². The zero-order valence-electron chi connectivity index (χ0n) is 22.1. The van der Waals surface area contributed by atoms with Crippen LogP contribution in [-0.2, 0) is 4.79 Å². The minimum atomic E-state index is -0.590. The van der Waals surface area contributed by atoms with Crippen molar-refractivity contribution >= 4 is 17.6 Å². The first-order valence-electron chi connectivity index (χ1n) is 13.7. The lowest BCUT2D eigenvalue weighted by molar-refractivity contribution is -0.134. The molecular formula is C31H45ClO3. The normalized spacial score (nSPS) is 12.8. The number of benzene rings is 2. The van der Waals surface area contributed by atoms with Gasteiger partial charge in [0.15, 0.2) is 0 Å². The van der Waals surface area contributed by atoms with Gasteiger partial charge in [-0.25, -0.2) is 0 Å². The molecular weight excluding hydrogens is 456 g/mol. The zero-order chi connectivity index (χ0) is 25.3. The van der Waals surface area contributed by atoms with Crippen LogP contribution in [0.15, 0.2) is 48.5 Å². The third-order valence-corrected chi connectivity index (χ3v) is 7.03. The fourth-order valence-electron chi connectivity index (χ4n) is 4.04. The highest BCUT2D eigenvalue weighted by Gasteiger charge is 2.17. The van der Waals surface area contributed by atoms with Gasteiger partial charge in [-0.3, -0.25) is 4.79 Å². The molecule has 0 amide bonds. The fourth-order valence-corrected chi connectivity index (χ4v) is 4.24. The van der Waals surface area contributed by atoms with Crippen LogP contribution in [0.2, 0.25) is 0 Å². The predicted octanol–water partition coefficient (Wildman–Crippen LogP) is 9.60. The van der Waals surface area contributed by atoms with Crippen molar-refractivity contribution in [1.29, 1.82) is 0 Å². The van der Waals surface area contributed by atoms with Crippen LogP contribution < -0.4 is 9.47 Å². The van der Waals surface area contributed by atoms with E-state index in [1.807, 2.05) is 36.4 Å². The number of carbonyl (C=O) groups excluding carboxylic acids is 1. The molecule has 35 heavy (non-hydrogen) atoms. The maximum absolute atomic E-state index is 12.3. The molecule has 2 rings (SSSR count). The van der Waals surface area contributed by atoms with Crippen molar-refractivity contribution in [3.8, 4) is 22.6 Å². The van der Waals surface area contributed by atoms with Gasteiger partial charge in [0.1, 0.15) is 16.9 Å². The minimum absolute atomic E-state index is 0.364. The summed E-state index contributed by atoms with van der Waals surface area (Å²) in [5, 5.41) is -0.590. The Labute approximate surface area is 218 Å². The summed E-state index contributed by atoms with van der Waals surface area (Å²) in [6.45, 7) is 7.50. The van der Waals surface area contributed by atoms with Gasteiger partial charge in [0.25, 0.3) is 0 Å². The molecule has 0 aliphatic rings. The van der Waals surface area contributed by atoms with Crippen LogP contribution in [0.4, 0.5) is 0 Å². The van der Waals surface area contributed by atoms with Gasteiger partial charge in [-0.2, -0.15) is 0 Å². The molecule has 0 aliphatic heterocycles. The van der Waals surface area contributed by atoms with Gasteiger partial charge in [0, 0.05) is 0 Å². The summed E-state index contributed by atoms with van der Waals surface area (Å²) in [6, 6.07) is 15.7. The molecule has 0 saturated heterocycles. The predicted molar refractivity (Wildman–Crippen MR) is 149 cm³/mol. The van der Waals surface area contributed by atoms with Gasteiger partial charge in [-0.1, -0.05) is 103 Å². The van der Waals surface area contributed by atoms with E-state index in [2.05, 4.69) is 32.9 Å². The van der Waals surface area contributed by atoms with E-state index in [0.717, 1.165) is 48.7 Å². The highest BCUT2D eigenvalue weighted by molar-refractivity contribution is 6.30. The lowest BCUT2D eigenvalue weighted by atomic mass is 10.0. The van der Waals surface area contributed by atoms with Crippen molar-refractivity contribution in [2.24, 2.45) is 5.92 Å². The van der Waals surface area contributed by atoms with E-state index in [-0.39, 0.29) is 5.97 Å². The van der Waals surface area contributed by atoms with Crippen LogP contribution in [-0.4, -0.2) is 18.0 Å². The summed E-state index contributed by atoms with van der Waals surface area (Å²) < 4.78 is 11.4. The molecule has 0 bridgehead atoms. The molecule has 1 unspecified atom stereocenters. The Kier molecular flexibility index (Phi) is 14.6. The number of alkyl halides is 1. The molecule has 4 heteroatoms. The number of hydrogen-bond acceptors (Lipinski definition) is 3. The SMILES string of the molecule is CCCCCCCCCC[C@H](Cl)C(=O)Oc1ccc(-c2ccc(OCCCC(C)CC)cc2)cc1. The second-order valence-corrected chi connectivity index (χ2v) is 10.2. The molecule has 0 N–H and O–H groups in total. The van der Waals surface area contributed by atoms with Crippen molar-refractivity contribution in [2.75, 3.05) is 6.61 Å². The molecule has 3 nitrogen and oxygen atoms in total. The Balaban J connectivity index is 1.70. The van der Waals surface area contributed by atoms with Gasteiger partial charge in [0.2, 0.25) is 0 Å². The lowest BCUT2D eigenvalue weighted by Gasteiger charge is -2.11. The van der Waals surface area contributed by atoms with E-state index in [0.29, 0.717) is 12.2 Å². The van der Waals surface area contributed by atoms with Crippen molar-refractivity contribution < 1.29 is 14.3 Å². The van der Waals surface area contributed by atoms with Gasteiger partial charge >= 0.3 is 5.97 Å². The Morgan fingerprint density at radius 1 is 0.743 bits per heavy atom.